The molecule has 0 unspecified atom stereocenters. The van der Waals surface area contributed by atoms with Gasteiger partial charge in [-0.25, -0.2) is 0 Å². The Morgan fingerprint density at radius 1 is 0.536 bits per heavy atom. The second-order valence-electron chi connectivity index (χ2n) is 13.1. The summed E-state index contributed by atoms with van der Waals surface area (Å²) < 4.78 is 22.2. The number of ether oxygens (including phenoxy) is 2. The zero-order valence-corrected chi connectivity index (χ0v) is 30.8. The number of aliphatic hydroxyl groups excluding tert-OH is 2. The normalized spacial score (nSPS) is 11.0. The molecule has 2 heterocycles. The summed E-state index contributed by atoms with van der Waals surface area (Å²) in [7, 11) is 3.20. The maximum atomic E-state index is 13.4. The average molecular weight is 750 g/mol. The number of carbonyl (C=O) groups is 2. The van der Waals surface area contributed by atoms with E-state index in [-0.39, 0.29) is 44.2 Å². The number of rotatable bonds is 15. The summed E-state index contributed by atoms with van der Waals surface area (Å²) in [4.78, 5) is 26.8. The van der Waals surface area contributed by atoms with Crippen molar-refractivity contribution in [3.05, 3.63) is 150 Å². The lowest BCUT2D eigenvalue weighted by Crippen LogP contribution is -2.14. The first-order valence-corrected chi connectivity index (χ1v) is 17.9. The van der Waals surface area contributed by atoms with Crippen molar-refractivity contribution in [2.45, 2.75) is 32.5 Å². The lowest BCUT2D eigenvalue weighted by molar-refractivity contribution is -0.118. The van der Waals surface area contributed by atoms with Gasteiger partial charge in [-0.2, -0.15) is 0 Å². The number of ketones is 1. The Labute approximate surface area is 323 Å². The molecule has 0 aliphatic rings. The number of carbonyl (C=O) groups excluding carboxylic acids is 2. The van der Waals surface area contributed by atoms with Crippen LogP contribution in [0.3, 0.4) is 0 Å². The predicted molar refractivity (Wildman–Crippen MR) is 211 cm³/mol. The number of benzene rings is 5. The molecule has 5 aromatic carbocycles. The zero-order chi connectivity index (χ0) is 39.0. The van der Waals surface area contributed by atoms with Crippen LogP contribution in [0.4, 0.5) is 5.69 Å². The smallest absolute Gasteiger partial charge is 0.232 e. The Bertz CT molecular complexity index is 2240. The lowest BCUT2D eigenvalue weighted by atomic mass is 9.95. The number of amides is 1. The highest BCUT2D eigenvalue weighted by molar-refractivity contribution is 5.94. The summed E-state index contributed by atoms with van der Waals surface area (Å²) in [6, 6.07) is 36.7. The molecule has 0 fully saturated rings. The molecular weight excluding hydrogens is 711 g/mol. The van der Waals surface area contributed by atoms with Crippen LogP contribution in [-0.4, -0.2) is 46.4 Å². The number of aliphatic hydroxyl groups is 2. The van der Waals surface area contributed by atoms with E-state index in [0.29, 0.717) is 51.2 Å². The summed E-state index contributed by atoms with van der Waals surface area (Å²) in [5, 5.41) is 30.7. The summed E-state index contributed by atoms with van der Waals surface area (Å²) in [6.07, 6.45) is 0.0745. The molecule has 7 aromatic rings. The fraction of sp³-hybridized carbons (Fsp3) is 0.156. The molecule has 2 aromatic heterocycles. The fourth-order valence-electron chi connectivity index (χ4n) is 6.46. The van der Waals surface area contributed by atoms with E-state index in [0.717, 1.165) is 38.9 Å². The van der Waals surface area contributed by atoms with Crippen molar-refractivity contribution in [1.82, 2.24) is 10.3 Å². The maximum Gasteiger partial charge on any atom is 0.232 e. The van der Waals surface area contributed by atoms with E-state index in [1.165, 1.54) is 0 Å². The number of anilines is 1. The number of nitrogens with one attached hydrogen (secondary N) is 1. The van der Waals surface area contributed by atoms with Crippen molar-refractivity contribution >= 4 is 17.4 Å². The van der Waals surface area contributed by atoms with Crippen LogP contribution in [0.1, 0.15) is 28.2 Å². The third-order valence-corrected chi connectivity index (χ3v) is 9.42. The Balaban J connectivity index is 1.04. The van der Waals surface area contributed by atoms with Gasteiger partial charge in [0.05, 0.1) is 51.4 Å². The van der Waals surface area contributed by atoms with Crippen LogP contribution in [0.25, 0.3) is 44.8 Å². The van der Waals surface area contributed by atoms with Crippen molar-refractivity contribution < 1.29 is 38.3 Å². The molecule has 0 bridgehead atoms. The lowest BCUT2D eigenvalue weighted by Gasteiger charge is -2.09. The standard InChI is InChI=1S/C45H39N3O8/c1-53-37-19-13-32(14-20-37)43-40(56-48-44(43)33-11-5-30(27-50)6-12-33)25-41(52)46-35-17-7-28(8-18-35)23-36(51)24-39-42(31-9-3-29(26-49)4-10-31)45(47-55-39)34-15-21-38(54-2)22-16-34/h3-22,49-50H,23-27H2,1-2H3,(H,46,52). The van der Waals surface area contributed by atoms with E-state index in [1.54, 1.807) is 38.5 Å². The maximum absolute atomic E-state index is 13.4. The first-order valence-electron chi connectivity index (χ1n) is 17.9. The molecule has 11 nitrogen and oxygen atoms in total. The van der Waals surface area contributed by atoms with Crippen LogP contribution in [0.5, 0.6) is 11.5 Å². The monoisotopic (exact) mass is 749 g/mol. The van der Waals surface area contributed by atoms with E-state index >= 15 is 0 Å². The number of aromatic nitrogens is 2. The minimum Gasteiger partial charge on any atom is -0.497 e. The first-order chi connectivity index (χ1) is 27.3. The molecule has 7 rings (SSSR count). The van der Waals surface area contributed by atoms with E-state index in [2.05, 4.69) is 15.6 Å². The molecule has 0 radical (unpaired) electrons. The van der Waals surface area contributed by atoms with Gasteiger partial charge in [0.2, 0.25) is 5.91 Å². The second-order valence-corrected chi connectivity index (χ2v) is 13.1. The van der Waals surface area contributed by atoms with Gasteiger partial charge in [-0.05, 0) is 76.3 Å². The van der Waals surface area contributed by atoms with E-state index in [1.807, 2.05) is 97.1 Å². The molecule has 0 spiro atoms. The van der Waals surface area contributed by atoms with Crippen LogP contribution in [0.2, 0.25) is 0 Å². The highest BCUT2D eigenvalue weighted by atomic mass is 16.5. The third kappa shape index (κ3) is 8.44. The first kappa shape index (κ1) is 37.5. The molecule has 3 N–H and O–H groups in total. The molecule has 1 amide bonds. The van der Waals surface area contributed by atoms with Crippen LogP contribution in [0.15, 0.2) is 130 Å². The number of Topliss-reactive ketones (excluding diaryl/α,β-unsaturated/α-hetero) is 1. The van der Waals surface area contributed by atoms with Crippen molar-refractivity contribution in [2.75, 3.05) is 19.5 Å². The topological polar surface area (TPSA) is 157 Å². The largest absolute Gasteiger partial charge is 0.497 e. The highest BCUT2D eigenvalue weighted by Crippen LogP contribution is 2.37. The van der Waals surface area contributed by atoms with Crippen molar-refractivity contribution in [3.8, 4) is 56.3 Å². The van der Waals surface area contributed by atoms with Crippen LogP contribution in [0, 0.1) is 0 Å². The van der Waals surface area contributed by atoms with E-state index in [4.69, 9.17) is 18.5 Å². The molecule has 0 saturated heterocycles. The summed E-state index contributed by atoms with van der Waals surface area (Å²) in [5.41, 5.74) is 8.63. The summed E-state index contributed by atoms with van der Waals surface area (Å²) >= 11 is 0. The molecule has 0 aliphatic heterocycles. The van der Waals surface area contributed by atoms with Gasteiger partial charge in [-0.15, -0.1) is 0 Å². The summed E-state index contributed by atoms with van der Waals surface area (Å²) in [6.45, 7) is -0.161. The van der Waals surface area contributed by atoms with Gasteiger partial charge < -0.3 is 34.0 Å². The van der Waals surface area contributed by atoms with Gasteiger partial charge in [-0.3, -0.25) is 9.59 Å². The van der Waals surface area contributed by atoms with Gasteiger partial charge in [-0.1, -0.05) is 83.1 Å². The van der Waals surface area contributed by atoms with Crippen LogP contribution < -0.4 is 14.8 Å². The van der Waals surface area contributed by atoms with Crippen LogP contribution in [-0.2, 0) is 42.1 Å². The number of methoxy groups -OCH3 is 2. The molecule has 56 heavy (non-hydrogen) atoms. The predicted octanol–water partition coefficient (Wildman–Crippen LogP) is 7.87. The number of hydrogen-bond acceptors (Lipinski definition) is 10. The van der Waals surface area contributed by atoms with Crippen molar-refractivity contribution in [1.29, 1.82) is 0 Å². The minimum absolute atomic E-state index is 0.0139. The number of hydrogen-bond donors (Lipinski definition) is 3. The number of nitrogens with zero attached hydrogens (tertiary/aromatic N) is 2. The second kappa shape index (κ2) is 17.1. The Hall–Kier alpha value is -6.82. The minimum atomic E-state index is -0.306. The molecule has 0 atom stereocenters. The molecule has 0 saturated carbocycles. The van der Waals surface area contributed by atoms with Gasteiger partial charge in [0.15, 0.2) is 11.5 Å². The third-order valence-electron chi connectivity index (χ3n) is 9.42. The van der Waals surface area contributed by atoms with E-state index < -0.39 is 0 Å². The molecule has 282 valence electrons. The zero-order valence-electron chi connectivity index (χ0n) is 30.8. The fourth-order valence-corrected chi connectivity index (χ4v) is 6.46. The van der Waals surface area contributed by atoms with Crippen molar-refractivity contribution in [2.24, 2.45) is 0 Å². The van der Waals surface area contributed by atoms with Gasteiger partial charge in [0.25, 0.3) is 0 Å². The van der Waals surface area contributed by atoms with Gasteiger partial charge in [0, 0.05) is 23.2 Å². The summed E-state index contributed by atoms with van der Waals surface area (Å²) in [5.74, 6) is 1.84. The Morgan fingerprint density at radius 2 is 0.946 bits per heavy atom. The van der Waals surface area contributed by atoms with Crippen molar-refractivity contribution in [3.63, 3.8) is 0 Å². The molecule has 11 heteroatoms. The van der Waals surface area contributed by atoms with Gasteiger partial charge >= 0.3 is 0 Å². The molecular formula is C45H39N3O8. The van der Waals surface area contributed by atoms with Crippen LogP contribution >= 0.6 is 0 Å². The quantitative estimate of drug-likeness (QED) is 0.0943. The van der Waals surface area contributed by atoms with Gasteiger partial charge in [0.1, 0.15) is 28.7 Å². The Morgan fingerprint density at radius 3 is 1.41 bits per heavy atom. The average Bonchev–Trinajstić information content (AvgIpc) is 3.85. The SMILES string of the molecule is COc1ccc(-c2noc(CC(=O)Cc3ccc(NC(=O)Cc4onc(-c5ccc(CO)cc5)c4-c4ccc(OC)cc4)cc3)c2-c2ccc(CO)cc2)cc1. The van der Waals surface area contributed by atoms with E-state index in [9.17, 15) is 19.8 Å². The highest BCUT2D eigenvalue weighted by Gasteiger charge is 2.24. The molecule has 0 aliphatic carbocycles. The Kier molecular flexibility index (Phi) is 11.5.